The Bertz CT molecular complexity index is 692. The largest absolute Gasteiger partial charge is 0.486 e. The zero-order valence-corrected chi connectivity index (χ0v) is 13.0. The van der Waals surface area contributed by atoms with E-state index in [0.717, 1.165) is 6.07 Å². The Balaban J connectivity index is 2.51. The standard InChI is InChI=1S/C16H17NO6/c1-3-7-22-15-13(18)11-6-5-10(17(20)21)9-12(11)14(19)16(15)23-8-4-2/h5-6,9H,3-4,7-8H2,1-2H3. The number of non-ortho nitro benzene ring substituents is 1. The lowest BCUT2D eigenvalue weighted by Gasteiger charge is -2.20. The molecule has 0 unspecified atom stereocenters. The number of fused-ring (bicyclic) bond motifs is 1. The molecule has 1 aromatic carbocycles. The maximum atomic E-state index is 12.6. The van der Waals surface area contributed by atoms with Crippen molar-refractivity contribution in [3.05, 3.63) is 51.0 Å². The van der Waals surface area contributed by atoms with Crippen LogP contribution in [0.3, 0.4) is 0 Å². The number of Topliss-reactive ketones (excluding diaryl/α,β-unsaturated/α-hetero) is 2. The predicted molar refractivity (Wildman–Crippen MR) is 81.3 cm³/mol. The molecule has 1 aliphatic carbocycles. The van der Waals surface area contributed by atoms with Gasteiger partial charge in [-0.25, -0.2) is 0 Å². The van der Waals surface area contributed by atoms with Gasteiger partial charge < -0.3 is 9.47 Å². The van der Waals surface area contributed by atoms with Crippen LogP contribution in [-0.4, -0.2) is 29.7 Å². The predicted octanol–water partition coefficient (Wildman–Crippen LogP) is 3.04. The van der Waals surface area contributed by atoms with E-state index in [1.807, 2.05) is 13.8 Å². The lowest BCUT2D eigenvalue weighted by molar-refractivity contribution is -0.384. The molecule has 7 nitrogen and oxygen atoms in total. The number of carbonyl (C=O) groups excluding carboxylic acids is 2. The van der Waals surface area contributed by atoms with E-state index in [-0.39, 0.29) is 41.5 Å². The lowest BCUT2D eigenvalue weighted by Crippen LogP contribution is -2.25. The number of ether oxygens (including phenoxy) is 2. The van der Waals surface area contributed by atoms with Crippen molar-refractivity contribution in [3.8, 4) is 0 Å². The van der Waals surface area contributed by atoms with Crippen LogP contribution in [0.25, 0.3) is 0 Å². The average Bonchev–Trinajstić information content (AvgIpc) is 2.55. The number of hydrogen-bond acceptors (Lipinski definition) is 6. The minimum atomic E-state index is -0.614. The highest BCUT2D eigenvalue weighted by Gasteiger charge is 2.36. The molecule has 0 radical (unpaired) electrons. The Morgan fingerprint density at radius 1 is 0.957 bits per heavy atom. The first-order chi connectivity index (χ1) is 11.0. The number of hydrogen-bond donors (Lipinski definition) is 0. The zero-order chi connectivity index (χ0) is 17.0. The molecular formula is C16H17NO6. The number of benzene rings is 1. The van der Waals surface area contributed by atoms with E-state index >= 15 is 0 Å². The van der Waals surface area contributed by atoms with Crippen LogP contribution in [0.4, 0.5) is 5.69 Å². The second-order valence-electron chi connectivity index (χ2n) is 5.00. The highest BCUT2D eigenvalue weighted by atomic mass is 16.6. The Kier molecular flexibility index (Phi) is 5.10. The molecule has 0 saturated carbocycles. The van der Waals surface area contributed by atoms with Crippen molar-refractivity contribution >= 4 is 17.3 Å². The van der Waals surface area contributed by atoms with Crippen molar-refractivity contribution in [3.63, 3.8) is 0 Å². The quantitative estimate of drug-likeness (QED) is 0.566. The van der Waals surface area contributed by atoms with Gasteiger partial charge in [-0.15, -0.1) is 0 Å². The van der Waals surface area contributed by atoms with Gasteiger partial charge in [0.15, 0.2) is 0 Å². The summed E-state index contributed by atoms with van der Waals surface area (Å²) < 4.78 is 10.8. The molecule has 1 aliphatic rings. The summed E-state index contributed by atoms with van der Waals surface area (Å²) in [7, 11) is 0. The first kappa shape index (κ1) is 16.7. The highest BCUT2D eigenvalue weighted by Crippen LogP contribution is 2.30. The van der Waals surface area contributed by atoms with Crippen LogP contribution in [0.1, 0.15) is 47.4 Å². The number of allylic oxidation sites excluding steroid dienone is 2. The summed E-state index contributed by atoms with van der Waals surface area (Å²) in [6, 6.07) is 3.57. The van der Waals surface area contributed by atoms with Crippen molar-refractivity contribution in [2.75, 3.05) is 13.2 Å². The van der Waals surface area contributed by atoms with Crippen LogP contribution >= 0.6 is 0 Å². The van der Waals surface area contributed by atoms with E-state index < -0.39 is 16.5 Å². The monoisotopic (exact) mass is 319 g/mol. The van der Waals surface area contributed by atoms with Gasteiger partial charge in [0.25, 0.3) is 5.69 Å². The summed E-state index contributed by atoms with van der Waals surface area (Å²) in [4.78, 5) is 35.4. The summed E-state index contributed by atoms with van der Waals surface area (Å²) >= 11 is 0. The molecule has 0 fully saturated rings. The first-order valence-electron chi connectivity index (χ1n) is 7.38. The third-order valence-electron chi connectivity index (χ3n) is 3.22. The van der Waals surface area contributed by atoms with E-state index in [1.165, 1.54) is 12.1 Å². The lowest BCUT2D eigenvalue weighted by atomic mass is 9.91. The molecule has 7 heteroatoms. The number of carbonyl (C=O) groups is 2. The van der Waals surface area contributed by atoms with Gasteiger partial charge in [-0.3, -0.25) is 19.7 Å². The van der Waals surface area contributed by atoms with Gasteiger partial charge in [0.05, 0.1) is 18.1 Å². The number of rotatable bonds is 7. The number of ketones is 2. The fraction of sp³-hybridized carbons (Fsp3) is 0.375. The molecule has 0 bridgehead atoms. The van der Waals surface area contributed by atoms with Crippen LogP contribution in [0.5, 0.6) is 0 Å². The smallest absolute Gasteiger partial charge is 0.270 e. The van der Waals surface area contributed by atoms with Crippen molar-refractivity contribution in [1.29, 1.82) is 0 Å². The van der Waals surface area contributed by atoms with Gasteiger partial charge in [0, 0.05) is 23.3 Å². The summed E-state index contributed by atoms with van der Waals surface area (Å²) in [5.41, 5.74) is -0.188. The van der Waals surface area contributed by atoms with Crippen molar-refractivity contribution in [2.45, 2.75) is 26.7 Å². The van der Waals surface area contributed by atoms with E-state index in [0.29, 0.717) is 12.8 Å². The third kappa shape index (κ3) is 3.23. The third-order valence-corrected chi connectivity index (χ3v) is 3.22. The second-order valence-corrected chi connectivity index (χ2v) is 5.00. The van der Waals surface area contributed by atoms with Crippen molar-refractivity contribution < 1.29 is 24.0 Å². The molecule has 0 aromatic heterocycles. The highest BCUT2D eigenvalue weighted by molar-refractivity contribution is 6.25. The number of nitro benzene ring substituents is 1. The molecule has 0 aliphatic heterocycles. The van der Waals surface area contributed by atoms with E-state index in [9.17, 15) is 19.7 Å². The van der Waals surface area contributed by atoms with Crippen LogP contribution in [0.15, 0.2) is 29.7 Å². The van der Waals surface area contributed by atoms with E-state index in [1.54, 1.807) is 0 Å². The zero-order valence-electron chi connectivity index (χ0n) is 13.0. The Morgan fingerprint density at radius 3 is 1.96 bits per heavy atom. The molecule has 23 heavy (non-hydrogen) atoms. The van der Waals surface area contributed by atoms with Gasteiger partial charge in [-0.1, -0.05) is 13.8 Å². The molecule has 0 atom stereocenters. The molecular weight excluding hydrogens is 302 g/mol. The minimum absolute atomic E-state index is 0.0286. The molecule has 0 saturated heterocycles. The summed E-state index contributed by atoms with van der Waals surface area (Å²) in [5, 5.41) is 10.9. The Labute approximate surface area is 133 Å². The van der Waals surface area contributed by atoms with Gasteiger partial charge in [-0.2, -0.15) is 0 Å². The summed E-state index contributed by atoms with van der Waals surface area (Å²) in [6.45, 7) is 4.26. The number of nitro groups is 1. The van der Waals surface area contributed by atoms with Crippen LogP contribution in [0.2, 0.25) is 0 Å². The van der Waals surface area contributed by atoms with Crippen molar-refractivity contribution in [2.24, 2.45) is 0 Å². The molecule has 122 valence electrons. The second kappa shape index (κ2) is 7.04. The Hall–Kier alpha value is -2.70. The van der Waals surface area contributed by atoms with Crippen molar-refractivity contribution in [1.82, 2.24) is 0 Å². The molecule has 0 N–H and O–H groups in total. The minimum Gasteiger partial charge on any atom is -0.486 e. The average molecular weight is 319 g/mol. The fourth-order valence-electron chi connectivity index (χ4n) is 2.15. The molecule has 0 amide bonds. The van der Waals surface area contributed by atoms with Crippen LogP contribution < -0.4 is 0 Å². The SMILES string of the molecule is CCCOC1=C(OCCC)C(=O)c2cc([N+](=O)[O-])ccc2C1=O. The van der Waals surface area contributed by atoms with E-state index in [4.69, 9.17) is 9.47 Å². The molecule has 0 heterocycles. The van der Waals surface area contributed by atoms with Crippen LogP contribution in [-0.2, 0) is 9.47 Å². The van der Waals surface area contributed by atoms with Gasteiger partial charge in [0.2, 0.25) is 23.1 Å². The summed E-state index contributed by atoms with van der Waals surface area (Å²) in [5.74, 6) is -1.35. The molecule has 0 spiro atoms. The fourth-order valence-corrected chi connectivity index (χ4v) is 2.15. The van der Waals surface area contributed by atoms with Crippen LogP contribution in [0, 0.1) is 10.1 Å². The van der Waals surface area contributed by atoms with Gasteiger partial charge in [0.1, 0.15) is 0 Å². The topological polar surface area (TPSA) is 95.7 Å². The normalized spacial score (nSPS) is 13.8. The van der Waals surface area contributed by atoms with Gasteiger partial charge in [-0.05, 0) is 18.9 Å². The Morgan fingerprint density at radius 2 is 1.48 bits per heavy atom. The number of nitrogens with zero attached hydrogens (tertiary/aromatic N) is 1. The van der Waals surface area contributed by atoms with Gasteiger partial charge >= 0.3 is 0 Å². The molecule has 2 rings (SSSR count). The maximum Gasteiger partial charge on any atom is 0.270 e. The maximum absolute atomic E-state index is 12.6. The summed E-state index contributed by atoms with van der Waals surface area (Å²) in [6.07, 6.45) is 1.31. The first-order valence-corrected chi connectivity index (χ1v) is 7.38. The van der Waals surface area contributed by atoms with E-state index in [2.05, 4.69) is 0 Å². The molecule has 1 aromatic rings.